The Labute approximate surface area is 150 Å². The van der Waals surface area contributed by atoms with Crippen LogP contribution in [0.2, 0.25) is 0 Å². The molecule has 1 heterocycles. The van der Waals surface area contributed by atoms with E-state index in [-0.39, 0.29) is 51.4 Å². The van der Waals surface area contributed by atoms with Gasteiger partial charge in [-0.1, -0.05) is 0 Å². The van der Waals surface area contributed by atoms with Gasteiger partial charge in [0, 0.05) is 12.0 Å². The van der Waals surface area contributed by atoms with Crippen molar-refractivity contribution in [3.8, 4) is 0 Å². The Hall–Kier alpha value is 0.981. The molecule has 1 aromatic heterocycles. The Morgan fingerprint density at radius 3 is 2.33 bits per heavy atom. The summed E-state index contributed by atoms with van der Waals surface area (Å²) in [7, 11) is 0. The van der Waals surface area contributed by atoms with E-state index < -0.39 is 12.6 Å². The number of halogens is 3. The molecule has 94 valence electrons. The van der Waals surface area contributed by atoms with E-state index in [1.165, 1.54) is 0 Å². The molecule has 0 amide bonds. The van der Waals surface area contributed by atoms with Crippen LogP contribution < -0.4 is 51.4 Å². The number of hydrogen-bond acceptors (Lipinski definition) is 3. The molecule has 0 N–H and O–H groups in total. The first-order valence-corrected chi connectivity index (χ1v) is 6.82. The zero-order valence-corrected chi connectivity index (χ0v) is 14.1. The van der Waals surface area contributed by atoms with E-state index in [1.54, 1.807) is 0 Å². The quantitative estimate of drug-likeness (QED) is 0.565. The van der Waals surface area contributed by atoms with E-state index in [9.17, 15) is 12.9 Å². The van der Waals surface area contributed by atoms with Crippen molar-refractivity contribution >= 4 is 18.7 Å². The van der Waals surface area contributed by atoms with Gasteiger partial charge in [0.05, 0.1) is 0 Å². The van der Waals surface area contributed by atoms with Crippen LogP contribution in [0.3, 0.4) is 0 Å². The average Bonchev–Trinajstić information content (AvgIpc) is 3.12. The van der Waals surface area contributed by atoms with Crippen molar-refractivity contribution in [3.05, 3.63) is 5.82 Å². The van der Waals surface area contributed by atoms with Gasteiger partial charge in [-0.05, 0) is 31.3 Å². The molecule has 9 heteroatoms. The predicted molar refractivity (Wildman–Crippen MR) is 60.1 cm³/mol. The van der Waals surface area contributed by atoms with E-state index in [4.69, 9.17) is 0 Å². The number of nitrogens with zero attached hydrogens (tertiary/aromatic N) is 3. The first-order chi connectivity index (χ1) is 8.04. The molecular formula is C9H12BF3KN3S. The number of rotatable bonds is 5. The molecule has 0 aliphatic heterocycles. The summed E-state index contributed by atoms with van der Waals surface area (Å²) in [5, 5.41) is 8.45. The van der Waals surface area contributed by atoms with Crippen molar-refractivity contribution in [1.29, 1.82) is 0 Å². The second kappa shape index (κ2) is 5.77. The summed E-state index contributed by atoms with van der Waals surface area (Å²) in [6.45, 7) is -4.76. The normalized spacial score (nSPS) is 19.7. The van der Waals surface area contributed by atoms with Gasteiger partial charge < -0.3 is 17.5 Å². The topological polar surface area (TPSA) is 30.7 Å². The molecule has 0 saturated heterocycles. The summed E-state index contributed by atoms with van der Waals surface area (Å²) in [5.41, 5.74) is -0.824. The molecule has 2 aliphatic rings. The van der Waals surface area contributed by atoms with Gasteiger partial charge in [-0.15, -0.1) is 22.0 Å². The SMILES string of the molecule is F[B-](F)(F)CSc1nnc(C2CC2)n1C1CC1.[K+]. The summed E-state index contributed by atoms with van der Waals surface area (Å²) >= 11 is 0.780. The molecule has 0 atom stereocenters. The molecule has 0 radical (unpaired) electrons. The van der Waals surface area contributed by atoms with Crippen LogP contribution >= 0.6 is 11.8 Å². The third-order valence-electron chi connectivity index (χ3n) is 2.95. The van der Waals surface area contributed by atoms with Crippen LogP contribution in [0, 0.1) is 0 Å². The predicted octanol–water partition coefficient (Wildman–Crippen LogP) is -0.0269. The minimum Gasteiger partial charge on any atom is -0.448 e. The second-order valence-electron chi connectivity index (χ2n) is 4.74. The van der Waals surface area contributed by atoms with E-state index in [0.29, 0.717) is 17.1 Å². The fourth-order valence-electron chi connectivity index (χ4n) is 1.85. The van der Waals surface area contributed by atoms with Crippen molar-refractivity contribution in [2.24, 2.45) is 0 Å². The third kappa shape index (κ3) is 3.76. The van der Waals surface area contributed by atoms with Crippen LogP contribution in [0.5, 0.6) is 0 Å². The van der Waals surface area contributed by atoms with Gasteiger partial charge in [-0.3, -0.25) is 0 Å². The number of aromatic nitrogens is 3. The molecule has 18 heavy (non-hydrogen) atoms. The van der Waals surface area contributed by atoms with Gasteiger partial charge in [-0.25, -0.2) is 0 Å². The Balaban J connectivity index is 0.00000120. The molecule has 0 unspecified atom stereocenters. The maximum Gasteiger partial charge on any atom is 1.00 e. The standard InChI is InChI=1S/C9H12BF3N3S.K/c11-10(12,13)5-17-9-15-14-8(6-1-2-6)16(9)7-3-4-7;/h6-7H,1-5H2;/q-1;+1. The average molecular weight is 301 g/mol. The van der Waals surface area contributed by atoms with Crippen molar-refractivity contribution in [3.63, 3.8) is 0 Å². The van der Waals surface area contributed by atoms with Gasteiger partial charge in [-0.2, -0.15) is 0 Å². The van der Waals surface area contributed by atoms with Gasteiger partial charge in [0.15, 0.2) is 5.16 Å². The van der Waals surface area contributed by atoms with E-state index in [1.807, 2.05) is 4.57 Å². The summed E-state index contributed by atoms with van der Waals surface area (Å²) in [6, 6.07) is 0.351. The Kier molecular flexibility index (Phi) is 4.93. The summed E-state index contributed by atoms with van der Waals surface area (Å²) < 4.78 is 38.7. The molecule has 0 aromatic carbocycles. The monoisotopic (exact) mass is 301 g/mol. The molecule has 2 aliphatic carbocycles. The van der Waals surface area contributed by atoms with E-state index >= 15 is 0 Å². The van der Waals surface area contributed by atoms with Crippen molar-refractivity contribution in [1.82, 2.24) is 14.8 Å². The maximum absolute atomic E-state index is 12.3. The van der Waals surface area contributed by atoms with Crippen molar-refractivity contribution in [2.45, 2.75) is 42.8 Å². The minimum absolute atomic E-state index is 0. The van der Waals surface area contributed by atoms with Crippen LogP contribution in [0.15, 0.2) is 5.16 Å². The van der Waals surface area contributed by atoms with Gasteiger partial charge in [0.25, 0.3) is 0 Å². The van der Waals surface area contributed by atoms with E-state index in [0.717, 1.165) is 43.3 Å². The van der Waals surface area contributed by atoms with Gasteiger partial charge in [0.2, 0.25) is 0 Å². The summed E-state index contributed by atoms with van der Waals surface area (Å²) in [4.78, 5) is 0. The molecule has 2 fully saturated rings. The van der Waals surface area contributed by atoms with Crippen LogP contribution in [0.4, 0.5) is 12.9 Å². The molecule has 3 nitrogen and oxygen atoms in total. The molecule has 0 spiro atoms. The minimum atomic E-state index is -4.76. The van der Waals surface area contributed by atoms with Crippen LogP contribution in [-0.2, 0) is 0 Å². The molecular weight excluding hydrogens is 289 g/mol. The van der Waals surface area contributed by atoms with Crippen LogP contribution in [0.1, 0.15) is 43.5 Å². The Morgan fingerprint density at radius 1 is 1.17 bits per heavy atom. The smallest absolute Gasteiger partial charge is 0.448 e. The second-order valence-corrected chi connectivity index (χ2v) is 5.72. The number of thioether (sulfide) groups is 1. The zero-order valence-electron chi connectivity index (χ0n) is 10.2. The zero-order chi connectivity index (χ0) is 12.0. The van der Waals surface area contributed by atoms with Crippen LogP contribution in [-0.4, -0.2) is 27.4 Å². The summed E-state index contributed by atoms with van der Waals surface area (Å²) in [6.07, 6.45) is 4.28. The molecule has 2 saturated carbocycles. The molecule has 1 aromatic rings. The Morgan fingerprint density at radius 2 is 1.83 bits per heavy atom. The van der Waals surface area contributed by atoms with Gasteiger partial charge in [0.1, 0.15) is 5.82 Å². The van der Waals surface area contributed by atoms with Crippen molar-refractivity contribution in [2.75, 3.05) is 5.65 Å². The van der Waals surface area contributed by atoms with Gasteiger partial charge >= 0.3 is 58.4 Å². The first kappa shape index (κ1) is 15.4. The van der Waals surface area contributed by atoms with E-state index in [2.05, 4.69) is 10.2 Å². The van der Waals surface area contributed by atoms with Crippen LogP contribution in [0.25, 0.3) is 0 Å². The Bertz CT molecular complexity index is 431. The fraction of sp³-hybridized carbons (Fsp3) is 0.778. The summed E-state index contributed by atoms with van der Waals surface area (Å²) in [5.74, 6) is 1.35. The maximum atomic E-state index is 12.3. The fourth-order valence-corrected chi connectivity index (χ4v) is 2.67. The third-order valence-corrected chi connectivity index (χ3v) is 4.03. The van der Waals surface area contributed by atoms with Crippen molar-refractivity contribution < 1.29 is 64.3 Å². The number of hydrogen-bond donors (Lipinski definition) is 0. The first-order valence-electron chi connectivity index (χ1n) is 5.83. The molecule has 0 bridgehead atoms. The largest absolute Gasteiger partial charge is 1.00 e. The molecule has 3 rings (SSSR count).